The first-order chi connectivity index (χ1) is 6.74. The zero-order valence-electron chi connectivity index (χ0n) is 9.09. The normalized spacial score (nSPS) is 15.9. The fourth-order valence-electron chi connectivity index (χ4n) is 1.11. The van der Waals surface area contributed by atoms with Gasteiger partial charge in [-0.2, -0.15) is 8.78 Å². The third-order valence-corrected chi connectivity index (χ3v) is 2.23. The Hall–Kier alpha value is -0.970. The zero-order chi connectivity index (χ0) is 12.3. The summed E-state index contributed by atoms with van der Waals surface area (Å²) in [5, 5.41) is 9.65. The van der Waals surface area contributed by atoms with E-state index in [1.165, 1.54) is 20.8 Å². The molecule has 0 spiro atoms. The zero-order valence-corrected chi connectivity index (χ0v) is 9.09. The van der Waals surface area contributed by atoms with Crippen molar-refractivity contribution in [3.8, 4) is 0 Å². The highest BCUT2D eigenvalue weighted by atomic mass is 19.3. The summed E-state index contributed by atoms with van der Waals surface area (Å²) < 4.78 is 31.2. The predicted octanol–water partition coefficient (Wildman–Crippen LogP) is 1.76. The van der Waals surface area contributed by atoms with Gasteiger partial charge in [0.05, 0.1) is 6.61 Å². The lowest BCUT2D eigenvalue weighted by atomic mass is 9.84. The van der Waals surface area contributed by atoms with Gasteiger partial charge in [-0.15, -0.1) is 0 Å². The van der Waals surface area contributed by atoms with Gasteiger partial charge >= 0.3 is 11.9 Å². The minimum absolute atomic E-state index is 0.167. The molecule has 0 aliphatic rings. The molecule has 0 saturated heterocycles. The lowest BCUT2D eigenvalue weighted by Gasteiger charge is -2.34. The molecule has 0 bridgehead atoms. The lowest BCUT2D eigenvalue weighted by Crippen LogP contribution is -2.55. The number of halogens is 2. The van der Waals surface area contributed by atoms with Crippen molar-refractivity contribution < 1.29 is 23.4 Å². The number of ether oxygens (including phenoxy) is 1. The highest BCUT2D eigenvalue weighted by Crippen LogP contribution is 2.36. The Morgan fingerprint density at radius 3 is 2.33 bits per heavy atom. The van der Waals surface area contributed by atoms with Crippen LogP contribution >= 0.6 is 0 Å². The van der Waals surface area contributed by atoms with Crippen molar-refractivity contribution in [2.24, 2.45) is 5.92 Å². The molecule has 0 aromatic rings. The standard InChI is InChI=1S/C10H16F2O3/c1-5-9(14,7(3)4)10(11,12)8(13)15-6-2/h5,7,14H,1,6H2,2-4H3. The molecule has 0 fully saturated rings. The third kappa shape index (κ3) is 2.34. The van der Waals surface area contributed by atoms with Crippen LogP contribution < -0.4 is 0 Å². The molecule has 0 rings (SSSR count). The fourth-order valence-corrected chi connectivity index (χ4v) is 1.11. The quantitative estimate of drug-likeness (QED) is 0.569. The van der Waals surface area contributed by atoms with Gasteiger partial charge in [-0.1, -0.05) is 26.5 Å². The van der Waals surface area contributed by atoms with Crippen LogP contribution in [-0.4, -0.2) is 29.2 Å². The van der Waals surface area contributed by atoms with Gasteiger partial charge in [-0.25, -0.2) is 4.79 Å². The largest absolute Gasteiger partial charge is 0.461 e. The Morgan fingerprint density at radius 2 is 2.07 bits per heavy atom. The van der Waals surface area contributed by atoms with E-state index in [-0.39, 0.29) is 6.61 Å². The summed E-state index contributed by atoms with van der Waals surface area (Å²) in [7, 11) is 0. The minimum atomic E-state index is -3.99. The summed E-state index contributed by atoms with van der Waals surface area (Å²) in [5.74, 6) is -6.57. The summed E-state index contributed by atoms with van der Waals surface area (Å²) in [6, 6.07) is 0. The highest BCUT2D eigenvalue weighted by Gasteiger charge is 2.59. The first-order valence-corrected chi connectivity index (χ1v) is 4.65. The van der Waals surface area contributed by atoms with E-state index < -0.39 is 23.4 Å². The van der Waals surface area contributed by atoms with Crippen LogP contribution in [-0.2, 0) is 9.53 Å². The number of hydrogen-bond acceptors (Lipinski definition) is 3. The monoisotopic (exact) mass is 222 g/mol. The number of hydrogen-bond donors (Lipinski definition) is 1. The molecular weight excluding hydrogens is 206 g/mol. The summed E-state index contributed by atoms with van der Waals surface area (Å²) >= 11 is 0. The number of carbonyl (C=O) groups excluding carboxylic acids is 1. The fraction of sp³-hybridized carbons (Fsp3) is 0.700. The maximum atomic E-state index is 13.5. The van der Waals surface area contributed by atoms with Gasteiger partial charge in [0.1, 0.15) is 0 Å². The number of carbonyl (C=O) groups is 1. The van der Waals surface area contributed by atoms with Crippen molar-refractivity contribution in [1.82, 2.24) is 0 Å². The molecule has 5 heteroatoms. The summed E-state index contributed by atoms with van der Waals surface area (Å²) in [5.41, 5.74) is -2.58. The van der Waals surface area contributed by atoms with E-state index in [1.807, 2.05) is 0 Å². The van der Waals surface area contributed by atoms with E-state index >= 15 is 0 Å². The second-order valence-electron chi connectivity index (χ2n) is 3.48. The molecule has 0 aromatic carbocycles. The molecular formula is C10H16F2O3. The number of alkyl halides is 2. The summed E-state index contributed by atoms with van der Waals surface area (Å²) in [4.78, 5) is 11.0. The van der Waals surface area contributed by atoms with Gasteiger partial charge in [0.15, 0.2) is 5.60 Å². The van der Waals surface area contributed by atoms with Crippen LogP contribution in [0.1, 0.15) is 20.8 Å². The molecule has 0 saturated carbocycles. The van der Waals surface area contributed by atoms with Crippen LogP contribution in [0.5, 0.6) is 0 Å². The van der Waals surface area contributed by atoms with E-state index in [0.717, 1.165) is 0 Å². The van der Waals surface area contributed by atoms with E-state index in [4.69, 9.17) is 0 Å². The van der Waals surface area contributed by atoms with E-state index in [1.54, 1.807) is 0 Å². The molecule has 0 heterocycles. The Kier molecular flexibility index (Phi) is 4.40. The molecule has 0 radical (unpaired) electrons. The van der Waals surface area contributed by atoms with Gasteiger partial charge in [-0.05, 0) is 12.8 Å². The minimum Gasteiger partial charge on any atom is -0.461 e. The topological polar surface area (TPSA) is 46.5 Å². The molecule has 15 heavy (non-hydrogen) atoms. The third-order valence-electron chi connectivity index (χ3n) is 2.23. The Bertz CT molecular complexity index is 251. The molecule has 0 aliphatic heterocycles. The maximum Gasteiger partial charge on any atom is 0.380 e. The van der Waals surface area contributed by atoms with Crippen LogP contribution in [0.3, 0.4) is 0 Å². The van der Waals surface area contributed by atoms with Crippen molar-refractivity contribution in [1.29, 1.82) is 0 Å². The van der Waals surface area contributed by atoms with Crippen LogP contribution in [0.15, 0.2) is 12.7 Å². The number of esters is 1. The van der Waals surface area contributed by atoms with Gasteiger partial charge in [-0.3, -0.25) is 0 Å². The maximum absolute atomic E-state index is 13.5. The van der Waals surface area contributed by atoms with Gasteiger partial charge < -0.3 is 9.84 Å². The molecule has 3 nitrogen and oxygen atoms in total. The molecule has 1 unspecified atom stereocenters. The number of rotatable bonds is 5. The first kappa shape index (κ1) is 14.0. The van der Waals surface area contributed by atoms with E-state index in [9.17, 15) is 18.7 Å². The van der Waals surface area contributed by atoms with Crippen molar-refractivity contribution in [3.05, 3.63) is 12.7 Å². The SMILES string of the molecule is C=CC(O)(C(C)C)C(F)(F)C(=O)OCC. The average molecular weight is 222 g/mol. The van der Waals surface area contributed by atoms with E-state index in [0.29, 0.717) is 6.08 Å². The molecule has 1 atom stereocenters. The second-order valence-corrected chi connectivity index (χ2v) is 3.48. The summed E-state index contributed by atoms with van der Waals surface area (Å²) in [6.07, 6.45) is 0.675. The molecule has 1 N–H and O–H groups in total. The molecule has 0 amide bonds. The second kappa shape index (κ2) is 4.70. The predicted molar refractivity (Wildman–Crippen MR) is 51.6 cm³/mol. The van der Waals surface area contributed by atoms with Gasteiger partial charge in [0.2, 0.25) is 0 Å². The number of aliphatic hydroxyl groups is 1. The van der Waals surface area contributed by atoms with Gasteiger partial charge in [0, 0.05) is 0 Å². The summed E-state index contributed by atoms with van der Waals surface area (Å²) in [6.45, 7) is 7.11. The Labute approximate surface area is 87.7 Å². The van der Waals surface area contributed by atoms with Crippen LogP contribution in [0, 0.1) is 5.92 Å². The van der Waals surface area contributed by atoms with Crippen molar-refractivity contribution in [2.75, 3.05) is 6.61 Å². The van der Waals surface area contributed by atoms with E-state index in [2.05, 4.69) is 11.3 Å². The highest BCUT2D eigenvalue weighted by molar-refractivity contribution is 5.79. The van der Waals surface area contributed by atoms with Crippen molar-refractivity contribution in [2.45, 2.75) is 32.3 Å². The first-order valence-electron chi connectivity index (χ1n) is 4.65. The average Bonchev–Trinajstić information content (AvgIpc) is 2.16. The molecule has 88 valence electrons. The van der Waals surface area contributed by atoms with Crippen LogP contribution in [0.2, 0.25) is 0 Å². The van der Waals surface area contributed by atoms with Crippen molar-refractivity contribution in [3.63, 3.8) is 0 Å². The Morgan fingerprint density at radius 1 is 1.60 bits per heavy atom. The van der Waals surface area contributed by atoms with Crippen LogP contribution in [0.4, 0.5) is 8.78 Å². The lowest BCUT2D eigenvalue weighted by molar-refractivity contribution is -0.210. The smallest absolute Gasteiger partial charge is 0.380 e. The molecule has 0 aromatic heterocycles. The van der Waals surface area contributed by atoms with Gasteiger partial charge in [0.25, 0.3) is 0 Å². The Balaban J connectivity index is 5.13. The van der Waals surface area contributed by atoms with Crippen molar-refractivity contribution >= 4 is 5.97 Å². The molecule has 0 aliphatic carbocycles. The van der Waals surface area contributed by atoms with Crippen LogP contribution in [0.25, 0.3) is 0 Å².